The van der Waals surface area contributed by atoms with Gasteiger partial charge in [-0.25, -0.2) is 13.1 Å². The molecular weight excluding hydrogens is 276 g/mol. The molecule has 0 fully saturated rings. The third kappa shape index (κ3) is 3.58. The van der Waals surface area contributed by atoms with Gasteiger partial charge in [0.25, 0.3) is 0 Å². The first-order valence-electron chi connectivity index (χ1n) is 5.36. The highest BCUT2D eigenvalue weighted by molar-refractivity contribution is 7.89. The highest BCUT2D eigenvalue weighted by Crippen LogP contribution is 2.25. The van der Waals surface area contributed by atoms with Crippen LogP contribution in [-0.2, 0) is 14.8 Å². The van der Waals surface area contributed by atoms with E-state index >= 15 is 0 Å². The Labute approximate surface area is 112 Å². The smallest absolute Gasteiger partial charge is 0.240 e. The molecule has 0 bridgehead atoms. The van der Waals surface area contributed by atoms with E-state index in [1.165, 1.54) is 19.2 Å². The zero-order valence-electron chi connectivity index (χ0n) is 10.5. The predicted octanol–water partition coefficient (Wildman–Crippen LogP) is 1.54. The van der Waals surface area contributed by atoms with E-state index in [0.717, 1.165) is 0 Å². The van der Waals surface area contributed by atoms with Crippen LogP contribution in [0.25, 0.3) is 0 Å². The molecular formula is C11H17ClN2O3S. The lowest BCUT2D eigenvalue weighted by Crippen LogP contribution is -2.32. The maximum Gasteiger partial charge on any atom is 0.240 e. The fourth-order valence-electron chi connectivity index (χ4n) is 1.35. The fourth-order valence-corrected chi connectivity index (χ4v) is 2.94. The number of benzene rings is 1. The number of hydrogen-bond donors (Lipinski definition) is 2. The highest BCUT2D eigenvalue weighted by atomic mass is 35.5. The first-order chi connectivity index (χ1) is 8.27. The lowest BCUT2D eigenvalue weighted by atomic mass is 10.2. The quantitative estimate of drug-likeness (QED) is 0.807. The number of nitrogens with one attached hydrogen (secondary N) is 1. The maximum atomic E-state index is 12.1. The molecule has 3 N–H and O–H groups in total. The average molecular weight is 293 g/mol. The van der Waals surface area contributed by atoms with Crippen molar-refractivity contribution in [3.05, 3.63) is 22.7 Å². The van der Waals surface area contributed by atoms with Crippen molar-refractivity contribution in [3.63, 3.8) is 0 Å². The standard InChI is InChI=1S/C11H17ClN2O3S/c1-7-4-9(12)10(13)5-11(7)18(15,16)14-6-8(2)17-3/h4-5,8,14H,6,13H2,1-3H3. The molecule has 102 valence electrons. The summed E-state index contributed by atoms with van der Waals surface area (Å²) in [5.41, 5.74) is 6.41. The Balaban J connectivity index is 3.02. The summed E-state index contributed by atoms with van der Waals surface area (Å²) in [5.74, 6) is 0. The molecule has 1 aromatic rings. The molecule has 0 aliphatic heterocycles. The minimum Gasteiger partial charge on any atom is -0.397 e. The Hall–Kier alpha value is -0.820. The number of nitrogens with two attached hydrogens (primary N) is 1. The number of anilines is 1. The molecule has 1 atom stereocenters. The summed E-state index contributed by atoms with van der Waals surface area (Å²) in [7, 11) is -2.09. The highest BCUT2D eigenvalue weighted by Gasteiger charge is 2.19. The number of hydrogen-bond acceptors (Lipinski definition) is 4. The van der Waals surface area contributed by atoms with E-state index in [1.54, 1.807) is 13.8 Å². The number of methoxy groups -OCH3 is 1. The van der Waals surface area contributed by atoms with Gasteiger partial charge in [-0.05, 0) is 31.5 Å². The topological polar surface area (TPSA) is 81.4 Å². The summed E-state index contributed by atoms with van der Waals surface area (Å²) in [6, 6.07) is 2.89. The lowest BCUT2D eigenvalue weighted by Gasteiger charge is -2.13. The molecule has 0 spiro atoms. The van der Waals surface area contributed by atoms with Crippen molar-refractivity contribution >= 4 is 27.3 Å². The largest absolute Gasteiger partial charge is 0.397 e. The number of ether oxygens (including phenoxy) is 1. The van der Waals surface area contributed by atoms with Crippen LogP contribution in [0, 0.1) is 6.92 Å². The van der Waals surface area contributed by atoms with Crippen molar-refractivity contribution in [2.24, 2.45) is 0 Å². The molecule has 1 rings (SSSR count). The van der Waals surface area contributed by atoms with Gasteiger partial charge in [-0.3, -0.25) is 0 Å². The molecule has 5 nitrogen and oxygen atoms in total. The van der Waals surface area contributed by atoms with Gasteiger partial charge in [-0.1, -0.05) is 11.6 Å². The van der Waals surface area contributed by atoms with Gasteiger partial charge in [-0.2, -0.15) is 0 Å². The van der Waals surface area contributed by atoms with E-state index in [2.05, 4.69) is 4.72 Å². The van der Waals surface area contributed by atoms with Gasteiger partial charge in [0.2, 0.25) is 10.0 Å². The molecule has 1 aromatic carbocycles. The minimum absolute atomic E-state index is 0.132. The Kier molecular flexibility index (Phi) is 4.98. The normalized spacial score (nSPS) is 13.6. The van der Waals surface area contributed by atoms with Crippen LogP contribution in [0.4, 0.5) is 5.69 Å². The van der Waals surface area contributed by atoms with Crippen molar-refractivity contribution in [1.29, 1.82) is 0 Å². The Bertz CT molecular complexity index is 531. The molecule has 0 saturated heterocycles. The number of halogens is 1. The van der Waals surface area contributed by atoms with E-state index < -0.39 is 10.0 Å². The van der Waals surface area contributed by atoms with Crippen molar-refractivity contribution in [1.82, 2.24) is 4.72 Å². The molecule has 0 aliphatic carbocycles. The second kappa shape index (κ2) is 5.88. The van der Waals surface area contributed by atoms with Gasteiger partial charge in [0.1, 0.15) is 0 Å². The Morgan fingerprint density at radius 1 is 1.50 bits per heavy atom. The predicted molar refractivity (Wildman–Crippen MR) is 72.3 cm³/mol. The van der Waals surface area contributed by atoms with Crippen LogP contribution < -0.4 is 10.5 Å². The van der Waals surface area contributed by atoms with Crippen molar-refractivity contribution < 1.29 is 13.2 Å². The van der Waals surface area contributed by atoms with Gasteiger partial charge in [0.15, 0.2) is 0 Å². The van der Waals surface area contributed by atoms with Crippen LogP contribution in [0.2, 0.25) is 5.02 Å². The number of sulfonamides is 1. The number of nitrogen functional groups attached to an aromatic ring is 1. The second-order valence-electron chi connectivity index (χ2n) is 4.04. The van der Waals surface area contributed by atoms with E-state index in [9.17, 15) is 8.42 Å². The van der Waals surface area contributed by atoms with Gasteiger partial charge in [0.05, 0.1) is 21.7 Å². The SMILES string of the molecule is COC(C)CNS(=O)(=O)c1cc(N)c(Cl)cc1C. The average Bonchev–Trinajstić information content (AvgIpc) is 2.30. The number of rotatable bonds is 5. The monoisotopic (exact) mass is 292 g/mol. The maximum absolute atomic E-state index is 12.1. The minimum atomic E-state index is -3.60. The van der Waals surface area contributed by atoms with Crippen molar-refractivity contribution in [2.45, 2.75) is 24.8 Å². The fraction of sp³-hybridized carbons (Fsp3) is 0.455. The van der Waals surface area contributed by atoms with Crippen LogP contribution >= 0.6 is 11.6 Å². The Morgan fingerprint density at radius 2 is 2.11 bits per heavy atom. The molecule has 0 heterocycles. The molecule has 0 aliphatic rings. The van der Waals surface area contributed by atoms with E-state index in [1.807, 2.05) is 0 Å². The van der Waals surface area contributed by atoms with E-state index in [-0.39, 0.29) is 23.2 Å². The summed E-state index contributed by atoms with van der Waals surface area (Å²) in [5, 5.41) is 0.344. The van der Waals surface area contributed by atoms with Gasteiger partial charge >= 0.3 is 0 Å². The summed E-state index contributed by atoms with van der Waals surface area (Å²) in [6.45, 7) is 3.63. The lowest BCUT2D eigenvalue weighted by molar-refractivity contribution is 0.122. The molecule has 0 aromatic heterocycles. The first-order valence-corrected chi connectivity index (χ1v) is 7.22. The number of aryl methyl sites for hydroxylation is 1. The molecule has 0 radical (unpaired) electrons. The third-order valence-electron chi connectivity index (χ3n) is 2.55. The van der Waals surface area contributed by atoms with Crippen molar-refractivity contribution in [3.8, 4) is 0 Å². The van der Waals surface area contributed by atoms with Crippen LogP contribution in [0.5, 0.6) is 0 Å². The molecule has 18 heavy (non-hydrogen) atoms. The zero-order valence-corrected chi connectivity index (χ0v) is 12.1. The van der Waals surface area contributed by atoms with Crippen molar-refractivity contribution in [2.75, 3.05) is 19.4 Å². The van der Waals surface area contributed by atoms with Gasteiger partial charge in [-0.15, -0.1) is 0 Å². The third-order valence-corrected chi connectivity index (χ3v) is 4.44. The molecule has 0 amide bonds. The second-order valence-corrected chi connectivity index (χ2v) is 6.18. The first kappa shape index (κ1) is 15.2. The van der Waals surface area contributed by atoms with Crippen LogP contribution in [0.15, 0.2) is 17.0 Å². The van der Waals surface area contributed by atoms with Crippen LogP contribution in [0.3, 0.4) is 0 Å². The summed E-state index contributed by atoms with van der Waals surface area (Å²) in [4.78, 5) is 0.132. The van der Waals surface area contributed by atoms with Gasteiger partial charge in [0, 0.05) is 13.7 Å². The van der Waals surface area contributed by atoms with Crippen LogP contribution in [0.1, 0.15) is 12.5 Å². The molecule has 1 unspecified atom stereocenters. The van der Waals surface area contributed by atoms with Crippen LogP contribution in [-0.4, -0.2) is 28.2 Å². The molecule has 7 heteroatoms. The zero-order chi connectivity index (χ0) is 13.9. The van der Waals surface area contributed by atoms with E-state index in [0.29, 0.717) is 10.6 Å². The molecule has 0 saturated carbocycles. The van der Waals surface area contributed by atoms with Gasteiger partial charge < -0.3 is 10.5 Å². The summed E-state index contributed by atoms with van der Waals surface area (Å²) < 4.78 is 31.6. The summed E-state index contributed by atoms with van der Waals surface area (Å²) in [6.07, 6.45) is -0.204. The summed E-state index contributed by atoms with van der Waals surface area (Å²) >= 11 is 5.83. The Morgan fingerprint density at radius 3 is 2.67 bits per heavy atom. The van der Waals surface area contributed by atoms with E-state index in [4.69, 9.17) is 22.1 Å².